The van der Waals surface area contributed by atoms with Gasteiger partial charge in [0.25, 0.3) is 5.91 Å². The van der Waals surface area contributed by atoms with E-state index < -0.39 is 25.3 Å². The third-order valence-electron chi connectivity index (χ3n) is 2.22. The third-order valence-corrected chi connectivity index (χ3v) is 2.71. The molecule has 0 aliphatic rings. The Kier molecular flexibility index (Phi) is 5.19. The summed E-state index contributed by atoms with van der Waals surface area (Å²) >= 11 is 3.21. The number of rotatable bonds is 4. The number of alkyl halides is 3. The van der Waals surface area contributed by atoms with Gasteiger partial charge in [-0.25, -0.2) is 0 Å². The van der Waals surface area contributed by atoms with Crippen LogP contribution in [0.5, 0.6) is 0 Å². The zero-order chi connectivity index (χ0) is 14.6. The molecule has 0 saturated carbocycles. The number of anilines is 2. The first-order chi connectivity index (χ1) is 8.70. The normalized spacial score (nSPS) is 11.4. The number of halogens is 4. The molecule has 0 radical (unpaired) electrons. The van der Waals surface area contributed by atoms with Crippen molar-refractivity contribution in [3.63, 3.8) is 0 Å². The Bertz CT molecular complexity index is 466. The van der Waals surface area contributed by atoms with E-state index in [0.29, 0.717) is 11.4 Å². The minimum atomic E-state index is -4.45. The SMILES string of the molecule is CN(C(=O)COCC(F)(F)F)c1ccc(Br)cc1N. The number of hydrogen-bond acceptors (Lipinski definition) is 3. The maximum atomic E-state index is 11.9. The van der Waals surface area contributed by atoms with Crippen LogP contribution in [0.1, 0.15) is 0 Å². The monoisotopic (exact) mass is 340 g/mol. The standard InChI is InChI=1S/C11H12BrF3N2O2/c1-17(9-3-2-7(12)4-8(9)16)10(18)5-19-6-11(13,14)15/h2-4H,5-6,16H2,1H3. The Morgan fingerprint density at radius 2 is 2.11 bits per heavy atom. The van der Waals surface area contributed by atoms with Crippen LogP contribution in [0, 0.1) is 0 Å². The van der Waals surface area contributed by atoms with Crippen LogP contribution >= 0.6 is 15.9 Å². The average Bonchev–Trinajstić information content (AvgIpc) is 2.26. The molecule has 1 rings (SSSR count). The van der Waals surface area contributed by atoms with Gasteiger partial charge in [-0.15, -0.1) is 0 Å². The zero-order valence-electron chi connectivity index (χ0n) is 10.00. The van der Waals surface area contributed by atoms with Crippen molar-refractivity contribution < 1.29 is 22.7 Å². The number of benzene rings is 1. The van der Waals surface area contributed by atoms with E-state index in [9.17, 15) is 18.0 Å². The second-order valence-electron chi connectivity index (χ2n) is 3.76. The van der Waals surface area contributed by atoms with Gasteiger partial charge in [0.1, 0.15) is 13.2 Å². The summed E-state index contributed by atoms with van der Waals surface area (Å²) in [4.78, 5) is 12.8. The highest BCUT2D eigenvalue weighted by Crippen LogP contribution is 2.26. The molecule has 4 nitrogen and oxygen atoms in total. The fourth-order valence-electron chi connectivity index (χ4n) is 1.32. The van der Waals surface area contributed by atoms with Crippen molar-refractivity contribution in [2.75, 3.05) is 30.9 Å². The number of ether oxygens (including phenoxy) is 1. The third kappa shape index (κ3) is 5.07. The summed E-state index contributed by atoms with van der Waals surface area (Å²) in [5, 5.41) is 0. The molecule has 0 bridgehead atoms. The highest BCUT2D eigenvalue weighted by molar-refractivity contribution is 9.10. The summed E-state index contributed by atoms with van der Waals surface area (Å²) < 4.78 is 40.6. The van der Waals surface area contributed by atoms with E-state index in [1.807, 2.05) is 0 Å². The number of nitrogens with two attached hydrogens (primary N) is 1. The van der Waals surface area contributed by atoms with Crippen molar-refractivity contribution in [2.45, 2.75) is 6.18 Å². The van der Waals surface area contributed by atoms with Crippen LogP contribution in [0.25, 0.3) is 0 Å². The van der Waals surface area contributed by atoms with E-state index in [2.05, 4.69) is 20.7 Å². The number of nitrogen functional groups attached to an aromatic ring is 1. The number of hydrogen-bond donors (Lipinski definition) is 1. The van der Waals surface area contributed by atoms with Crippen LogP contribution in [0.15, 0.2) is 22.7 Å². The summed E-state index contributed by atoms with van der Waals surface area (Å²) in [5.41, 5.74) is 6.45. The number of carbonyl (C=O) groups is 1. The Labute approximate surface area is 116 Å². The summed E-state index contributed by atoms with van der Waals surface area (Å²) in [7, 11) is 1.42. The second kappa shape index (κ2) is 6.25. The van der Waals surface area contributed by atoms with E-state index in [0.717, 1.165) is 9.37 Å². The van der Waals surface area contributed by atoms with E-state index in [4.69, 9.17) is 5.73 Å². The van der Waals surface area contributed by atoms with Gasteiger partial charge < -0.3 is 15.4 Å². The van der Waals surface area contributed by atoms with Crippen molar-refractivity contribution in [3.8, 4) is 0 Å². The molecule has 0 aromatic heterocycles. The van der Waals surface area contributed by atoms with Crippen LogP contribution in [0.2, 0.25) is 0 Å². The van der Waals surface area contributed by atoms with Crippen LogP contribution in [-0.2, 0) is 9.53 Å². The fraction of sp³-hybridized carbons (Fsp3) is 0.364. The highest BCUT2D eigenvalue weighted by atomic mass is 79.9. The first-order valence-electron chi connectivity index (χ1n) is 5.17. The molecular weight excluding hydrogens is 329 g/mol. The molecule has 0 aliphatic carbocycles. The Morgan fingerprint density at radius 3 is 2.63 bits per heavy atom. The zero-order valence-corrected chi connectivity index (χ0v) is 11.6. The summed E-state index contributed by atoms with van der Waals surface area (Å²) in [5.74, 6) is -0.613. The Hall–Kier alpha value is -1.28. The van der Waals surface area contributed by atoms with Crippen LogP contribution in [0.4, 0.5) is 24.5 Å². The number of carbonyl (C=O) groups excluding carboxylic acids is 1. The lowest BCUT2D eigenvalue weighted by molar-refractivity contribution is -0.175. The lowest BCUT2D eigenvalue weighted by Gasteiger charge is -2.19. The maximum absolute atomic E-state index is 11.9. The number of nitrogens with zero attached hydrogens (tertiary/aromatic N) is 1. The molecule has 19 heavy (non-hydrogen) atoms. The topological polar surface area (TPSA) is 55.6 Å². The van der Waals surface area contributed by atoms with Crippen LogP contribution in [0.3, 0.4) is 0 Å². The van der Waals surface area contributed by atoms with E-state index in [-0.39, 0.29) is 0 Å². The van der Waals surface area contributed by atoms with Gasteiger partial charge in [0.2, 0.25) is 0 Å². The predicted octanol–water partition coefficient (Wildman–Crippen LogP) is 2.57. The Balaban J connectivity index is 2.62. The van der Waals surface area contributed by atoms with Gasteiger partial charge in [0.05, 0.1) is 11.4 Å². The molecule has 1 aromatic carbocycles. The molecule has 0 atom stereocenters. The van der Waals surface area contributed by atoms with Crippen molar-refractivity contribution in [1.82, 2.24) is 0 Å². The largest absolute Gasteiger partial charge is 0.411 e. The van der Waals surface area contributed by atoms with Gasteiger partial charge in [-0.3, -0.25) is 4.79 Å². The fourth-order valence-corrected chi connectivity index (χ4v) is 1.69. The van der Waals surface area contributed by atoms with Crippen molar-refractivity contribution in [2.24, 2.45) is 0 Å². The minimum Gasteiger partial charge on any atom is -0.397 e. The van der Waals surface area contributed by atoms with Crippen molar-refractivity contribution >= 4 is 33.2 Å². The first kappa shape index (κ1) is 15.8. The van der Waals surface area contributed by atoms with Crippen molar-refractivity contribution in [3.05, 3.63) is 22.7 Å². The number of amides is 1. The molecule has 1 aromatic rings. The molecule has 8 heteroatoms. The quantitative estimate of drug-likeness (QED) is 0.857. The van der Waals surface area contributed by atoms with Gasteiger partial charge in [-0.2, -0.15) is 13.2 Å². The van der Waals surface area contributed by atoms with Gasteiger partial charge in [0.15, 0.2) is 0 Å². The van der Waals surface area contributed by atoms with Crippen LogP contribution in [-0.4, -0.2) is 32.3 Å². The molecule has 0 heterocycles. The van der Waals surface area contributed by atoms with E-state index in [1.165, 1.54) is 7.05 Å². The van der Waals surface area contributed by atoms with Crippen molar-refractivity contribution in [1.29, 1.82) is 0 Å². The summed E-state index contributed by atoms with van der Waals surface area (Å²) in [6, 6.07) is 4.85. The molecule has 2 N–H and O–H groups in total. The smallest absolute Gasteiger partial charge is 0.397 e. The predicted molar refractivity (Wildman–Crippen MR) is 68.8 cm³/mol. The molecule has 0 unspecified atom stereocenters. The Morgan fingerprint density at radius 1 is 1.47 bits per heavy atom. The lowest BCUT2D eigenvalue weighted by atomic mass is 10.2. The molecule has 106 valence electrons. The highest BCUT2D eigenvalue weighted by Gasteiger charge is 2.28. The molecule has 0 spiro atoms. The van der Waals surface area contributed by atoms with Crippen LogP contribution < -0.4 is 10.6 Å². The minimum absolute atomic E-state index is 0.334. The molecule has 0 aliphatic heterocycles. The number of likely N-dealkylation sites (N-methyl/N-ethyl adjacent to an activating group) is 1. The molecule has 0 fully saturated rings. The van der Waals surface area contributed by atoms with Gasteiger partial charge in [0, 0.05) is 11.5 Å². The average molecular weight is 341 g/mol. The molecule has 1 amide bonds. The molecular formula is C11H12BrF3N2O2. The second-order valence-corrected chi connectivity index (χ2v) is 4.68. The molecule has 0 saturated heterocycles. The van der Waals surface area contributed by atoms with E-state index in [1.54, 1.807) is 18.2 Å². The van der Waals surface area contributed by atoms with Gasteiger partial charge in [-0.05, 0) is 18.2 Å². The summed E-state index contributed by atoms with van der Waals surface area (Å²) in [6.07, 6.45) is -4.45. The lowest BCUT2D eigenvalue weighted by Crippen LogP contribution is -2.32. The van der Waals surface area contributed by atoms with Gasteiger partial charge in [-0.1, -0.05) is 15.9 Å². The maximum Gasteiger partial charge on any atom is 0.411 e. The summed E-state index contributed by atoms with van der Waals surface area (Å²) in [6.45, 7) is -2.12. The first-order valence-corrected chi connectivity index (χ1v) is 5.96. The van der Waals surface area contributed by atoms with E-state index >= 15 is 0 Å². The van der Waals surface area contributed by atoms with Gasteiger partial charge >= 0.3 is 6.18 Å².